The fourth-order valence-electron chi connectivity index (χ4n) is 4.22. The van der Waals surface area contributed by atoms with Gasteiger partial charge in [0.2, 0.25) is 0 Å². The van der Waals surface area contributed by atoms with Gasteiger partial charge in [-0.25, -0.2) is 0 Å². The molecule has 0 aromatic heterocycles. The monoisotopic (exact) mass is 547 g/mol. The number of benzene rings is 2. The van der Waals surface area contributed by atoms with Crippen molar-refractivity contribution in [3.05, 3.63) is 66.2 Å². The van der Waals surface area contributed by atoms with Crippen LogP contribution in [0.2, 0.25) is 0 Å². The Hall–Kier alpha value is -2.42. The van der Waals surface area contributed by atoms with Crippen molar-refractivity contribution in [3.63, 3.8) is 0 Å². The molecule has 0 amide bonds. The Morgan fingerprint density at radius 1 is 1.06 bits per heavy atom. The molecule has 0 radical (unpaired) electrons. The lowest BCUT2D eigenvalue weighted by molar-refractivity contribution is 0.414. The van der Waals surface area contributed by atoms with Crippen LogP contribution in [0.15, 0.2) is 65.7 Å². The van der Waals surface area contributed by atoms with Gasteiger partial charge in [0, 0.05) is 63.3 Å². The van der Waals surface area contributed by atoms with E-state index in [0.717, 1.165) is 57.3 Å². The summed E-state index contributed by atoms with van der Waals surface area (Å²) in [5, 5.41) is 7.08. The van der Waals surface area contributed by atoms with Gasteiger partial charge in [-0.05, 0) is 42.7 Å². The maximum Gasteiger partial charge on any atom is 0.191 e. The molecule has 4 rings (SSSR count). The normalized spacial score (nSPS) is 18.3. The van der Waals surface area contributed by atoms with Crippen LogP contribution in [0.1, 0.15) is 18.4 Å². The Labute approximate surface area is 208 Å². The molecule has 32 heavy (non-hydrogen) atoms. The Kier molecular flexibility index (Phi) is 9.08. The van der Waals surface area contributed by atoms with Crippen LogP contribution >= 0.6 is 24.0 Å². The molecule has 0 saturated carbocycles. The lowest BCUT2D eigenvalue weighted by atomic mass is 10.0. The number of piperidine rings is 1. The van der Waals surface area contributed by atoms with Crippen LogP contribution in [0.3, 0.4) is 0 Å². The molecule has 172 valence electrons. The third kappa shape index (κ3) is 6.31. The van der Waals surface area contributed by atoms with E-state index in [1.165, 1.54) is 16.9 Å². The molecule has 0 bridgehead atoms. The van der Waals surface area contributed by atoms with Crippen molar-refractivity contribution in [2.75, 3.05) is 50.1 Å². The molecule has 2 heterocycles. The first-order chi connectivity index (χ1) is 15.2. The number of hydrogen-bond donors (Lipinski definition) is 2. The van der Waals surface area contributed by atoms with Gasteiger partial charge in [0.1, 0.15) is 5.75 Å². The van der Waals surface area contributed by atoms with E-state index in [9.17, 15) is 0 Å². The minimum atomic E-state index is 0. The van der Waals surface area contributed by atoms with Gasteiger partial charge in [0.15, 0.2) is 5.96 Å². The Bertz CT molecular complexity index is 907. The van der Waals surface area contributed by atoms with Gasteiger partial charge in [-0.3, -0.25) is 4.99 Å². The molecule has 1 unspecified atom stereocenters. The molecular weight excluding hydrogens is 513 g/mol. The molecule has 1 atom stereocenters. The van der Waals surface area contributed by atoms with Crippen LogP contribution in [-0.2, 0) is 6.54 Å². The standard InChI is InChI=1S/C25H33N5O.HI/c1-26-25(27-18-20-10-12-22(13-11-20)29-14-3-4-15-29)28-21-7-6-16-30(19-21)23-8-5-9-24(17-23)31-2;/h3-5,8-13,17,21H,6-7,14-16,18-19H2,1-2H3,(H2,26,27,28);1H. The molecule has 2 N–H and O–H groups in total. The van der Waals surface area contributed by atoms with E-state index >= 15 is 0 Å². The second kappa shape index (κ2) is 12.0. The van der Waals surface area contributed by atoms with Crippen LogP contribution in [0.5, 0.6) is 5.75 Å². The van der Waals surface area contributed by atoms with Crippen molar-refractivity contribution >= 4 is 41.3 Å². The fraction of sp³-hybridized carbons (Fsp3) is 0.400. The highest BCUT2D eigenvalue weighted by Crippen LogP contribution is 2.24. The second-order valence-corrected chi connectivity index (χ2v) is 8.10. The first kappa shape index (κ1) is 24.2. The number of methoxy groups -OCH3 is 1. The molecule has 2 aliphatic rings. The van der Waals surface area contributed by atoms with Gasteiger partial charge in [-0.1, -0.05) is 30.4 Å². The van der Waals surface area contributed by atoms with Crippen molar-refractivity contribution in [1.82, 2.24) is 10.6 Å². The van der Waals surface area contributed by atoms with Crippen molar-refractivity contribution < 1.29 is 4.74 Å². The van der Waals surface area contributed by atoms with Crippen LogP contribution in [-0.4, -0.2) is 52.3 Å². The van der Waals surface area contributed by atoms with E-state index in [2.05, 4.69) is 80.0 Å². The number of nitrogens with zero attached hydrogens (tertiary/aromatic N) is 3. The number of rotatable bonds is 6. The molecule has 2 aromatic rings. The van der Waals surface area contributed by atoms with Crippen molar-refractivity contribution in [1.29, 1.82) is 0 Å². The topological polar surface area (TPSA) is 52.1 Å². The highest BCUT2D eigenvalue weighted by molar-refractivity contribution is 14.0. The quantitative estimate of drug-likeness (QED) is 0.248. The van der Waals surface area contributed by atoms with E-state index in [1.807, 2.05) is 13.1 Å². The maximum absolute atomic E-state index is 5.39. The number of hydrogen-bond acceptors (Lipinski definition) is 4. The lowest BCUT2D eigenvalue weighted by Crippen LogP contribution is -2.51. The van der Waals surface area contributed by atoms with E-state index < -0.39 is 0 Å². The number of ether oxygens (including phenoxy) is 1. The molecule has 0 spiro atoms. The highest BCUT2D eigenvalue weighted by atomic mass is 127. The number of aliphatic imine (C=N–C) groups is 1. The van der Waals surface area contributed by atoms with Crippen LogP contribution in [0, 0.1) is 0 Å². The molecule has 6 nitrogen and oxygen atoms in total. The van der Waals surface area contributed by atoms with E-state index in [0.29, 0.717) is 6.04 Å². The summed E-state index contributed by atoms with van der Waals surface area (Å²) in [4.78, 5) is 9.22. The number of guanidine groups is 1. The van der Waals surface area contributed by atoms with E-state index in [1.54, 1.807) is 7.11 Å². The zero-order valence-corrected chi connectivity index (χ0v) is 21.3. The average Bonchev–Trinajstić information content (AvgIpc) is 3.37. The molecule has 2 aromatic carbocycles. The Balaban J connectivity index is 0.00000289. The summed E-state index contributed by atoms with van der Waals surface area (Å²) in [6.45, 7) is 4.78. The largest absolute Gasteiger partial charge is 0.497 e. The van der Waals surface area contributed by atoms with Crippen LogP contribution in [0.4, 0.5) is 11.4 Å². The Morgan fingerprint density at radius 3 is 2.56 bits per heavy atom. The third-order valence-corrected chi connectivity index (χ3v) is 5.98. The number of nitrogens with one attached hydrogen (secondary N) is 2. The first-order valence-electron chi connectivity index (χ1n) is 11.1. The molecular formula is C25H34IN5O. The number of anilines is 2. The zero-order valence-electron chi connectivity index (χ0n) is 19.0. The summed E-state index contributed by atoms with van der Waals surface area (Å²) in [6, 6.07) is 17.5. The van der Waals surface area contributed by atoms with Crippen LogP contribution < -0.4 is 25.2 Å². The predicted molar refractivity (Wildman–Crippen MR) is 145 cm³/mol. The van der Waals surface area contributed by atoms with Gasteiger partial charge in [-0.15, -0.1) is 24.0 Å². The van der Waals surface area contributed by atoms with Gasteiger partial charge in [0.05, 0.1) is 7.11 Å². The minimum absolute atomic E-state index is 0. The van der Waals surface area contributed by atoms with Crippen molar-refractivity contribution in [2.24, 2.45) is 4.99 Å². The zero-order chi connectivity index (χ0) is 21.5. The summed E-state index contributed by atoms with van der Waals surface area (Å²) >= 11 is 0. The van der Waals surface area contributed by atoms with Crippen molar-refractivity contribution in [2.45, 2.75) is 25.4 Å². The molecule has 0 aliphatic carbocycles. The molecule has 2 aliphatic heterocycles. The maximum atomic E-state index is 5.39. The Morgan fingerprint density at radius 2 is 1.84 bits per heavy atom. The van der Waals surface area contributed by atoms with E-state index in [4.69, 9.17) is 4.74 Å². The van der Waals surface area contributed by atoms with Gasteiger partial charge in [-0.2, -0.15) is 0 Å². The smallest absolute Gasteiger partial charge is 0.191 e. The van der Waals surface area contributed by atoms with Gasteiger partial charge in [0.25, 0.3) is 0 Å². The SMILES string of the molecule is CN=C(NCc1ccc(N2CC=CC2)cc1)NC1CCCN(c2cccc(OC)c2)C1.I. The summed E-state index contributed by atoms with van der Waals surface area (Å²) < 4.78 is 5.39. The fourth-order valence-corrected chi connectivity index (χ4v) is 4.22. The van der Waals surface area contributed by atoms with E-state index in [-0.39, 0.29) is 24.0 Å². The summed E-state index contributed by atoms with van der Waals surface area (Å²) in [7, 11) is 3.55. The molecule has 1 fully saturated rings. The van der Waals surface area contributed by atoms with Gasteiger partial charge >= 0.3 is 0 Å². The lowest BCUT2D eigenvalue weighted by Gasteiger charge is -2.35. The minimum Gasteiger partial charge on any atom is -0.497 e. The summed E-state index contributed by atoms with van der Waals surface area (Å²) in [5.41, 5.74) is 3.73. The van der Waals surface area contributed by atoms with Gasteiger partial charge < -0.3 is 25.2 Å². The highest BCUT2D eigenvalue weighted by Gasteiger charge is 2.21. The number of halogens is 1. The first-order valence-corrected chi connectivity index (χ1v) is 11.1. The van der Waals surface area contributed by atoms with Crippen molar-refractivity contribution in [3.8, 4) is 5.75 Å². The summed E-state index contributed by atoms with van der Waals surface area (Å²) in [6.07, 6.45) is 6.72. The summed E-state index contributed by atoms with van der Waals surface area (Å²) in [5.74, 6) is 1.75. The van der Waals surface area contributed by atoms with Crippen LogP contribution in [0.25, 0.3) is 0 Å². The second-order valence-electron chi connectivity index (χ2n) is 8.10. The third-order valence-electron chi connectivity index (χ3n) is 5.98. The average molecular weight is 547 g/mol. The molecule has 7 heteroatoms. The molecule has 1 saturated heterocycles. The predicted octanol–water partition coefficient (Wildman–Crippen LogP) is 4.02.